The number of ether oxygens (including phenoxy) is 1. The summed E-state index contributed by atoms with van der Waals surface area (Å²) < 4.78 is 5.02. The van der Waals surface area contributed by atoms with Gasteiger partial charge >= 0.3 is 0 Å². The second-order valence-electron chi connectivity index (χ2n) is 4.50. The van der Waals surface area contributed by atoms with Crippen LogP contribution in [0.5, 0.6) is 0 Å². The van der Waals surface area contributed by atoms with Crippen LogP contribution in [-0.4, -0.2) is 43.3 Å². The SMILES string of the molecule is CCCN(CCC)c1ccnc(NCCCOC)n1. The van der Waals surface area contributed by atoms with E-state index in [1.54, 1.807) is 7.11 Å². The van der Waals surface area contributed by atoms with Gasteiger partial charge in [-0.2, -0.15) is 4.98 Å². The first-order valence-corrected chi connectivity index (χ1v) is 7.12. The van der Waals surface area contributed by atoms with E-state index in [0.717, 1.165) is 51.3 Å². The molecule has 0 aliphatic carbocycles. The molecule has 0 radical (unpaired) electrons. The molecule has 0 saturated carbocycles. The number of anilines is 2. The van der Waals surface area contributed by atoms with E-state index in [2.05, 4.69) is 34.0 Å². The first kappa shape index (κ1) is 15.7. The predicted octanol–water partition coefficient (Wildman–Crippen LogP) is 2.55. The second kappa shape index (κ2) is 9.55. The first-order chi connectivity index (χ1) is 9.31. The van der Waals surface area contributed by atoms with Crippen molar-refractivity contribution in [1.29, 1.82) is 0 Å². The van der Waals surface area contributed by atoms with Crippen LogP contribution in [0.2, 0.25) is 0 Å². The molecule has 0 saturated heterocycles. The molecule has 1 rings (SSSR count). The minimum atomic E-state index is 0.700. The average Bonchev–Trinajstić information content (AvgIpc) is 2.44. The molecule has 0 aliphatic rings. The van der Waals surface area contributed by atoms with Gasteiger partial charge in [-0.1, -0.05) is 13.8 Å². The topological polar surface area (TPSA) is 50.3 Å². The number of aromatic nitrogens is 2. The van der Waals surface area contributed by atoms with Gasteiger partial charge in [0.2, 0.25) is 5.95 Å². The van der Waals surface area contributed by atoms with Gasteiger partial charge in [-0.25, -0.2) is 4.98 Å². The van der Waals surface area contributed by atoms with Crippen LogP contribution in [0, 0.1) is 0 Å². The molecule has 1 aromatic heterocycles. The van der Waals surface area contributed by atoms with Crippen molar-refractivity contribution in [3.8, 4) is 0 Å². The number of nitrogens with zero attached hydrogens (tertiary/aromatic N) is 3. The highest BCUT2D eigenvalue weighted by Gasteiger charge is 2.07. The van der Waals surface area contributed by atoms with Gasteiger partial charge in [-0.05, 0) is 25.3 Å². The highest BCUT2D eigenvalue weighted by molar-refractivity contribution is 5.42. The van der Waals surface area contributed by atoms with E-state index in [9.17, 15) is 0 Å². The van der Waals surface area contributed by atoms with E-state index >= 15 is 0 Å². The summed E-state index contributed by atoms with van der Waals surface area (Å²) in [6.45, 7) is 8.03. The molecule has 1 aromatic rings. The Bertz CT molecular complexity index is 340. The van der Waals surface area contributed by atoms with Gasteiger partial charge in [0.25, 0.3) is 0 Å². The van der Waals surface area contributed by atoms with Gasteiger partial charge in [0.15, 0.2) is 0 Å². The molecule has 5 heteroatoms. The van der Waals surface area contributed by atoms with Crippen LogP contribution >= 0.6 is 0 Å². The van der Waals surface area contributed by atoms with Crippen molar-refractivity contribution in [1.82, 2.24) is 9.97 Å². The van der Waals surface area contributed by atoms with Gasteiger partial charge in [-0.3, -0.25) is 0 Å². The maximum atomic E-state index is 5.02. The van der Waals surface area contributed by atoms with Crippen molar-refractivity contribution in [2.24, 2.45) is 0 Å². The molecular weight excluding hydrogens is 240 g/mol. The second-order valence-corrected chi connectivity index (χ2v) is 4.50. The lowest BCUT2D eigenvalue weighted by Gasteiger charge is -2.22. The molecule has 0 spiro atoms. The quantitative estimate of drug-likeness (QED) is 0.660. The highest BCUT2D eigenvalue weighted by Crippen LogP contribution is 2.13. The van der Waals surface area contributed by atoms with E-state index < -0.39 is 0 Å². The number of hydrogen-bond donors (Lipinski definition) is 1. The number of methoxy groups -OCH3 is 1. The fraction of sp³-hybridized carbons (Fsp3) is 0.714. The van der Waals surface area contributed by atoms with Crippen LogP contribution in [0.25, 0.3) is 0 Å². The zero-order chi connectivity index (χ0) is 13.9. The molecule has 1 heterocycles. The van der Waals surface area contributed by atoms with Crippen LogP contribution < -0.4 is 10.2 Å². The molecule has 0 unspecified atom stereocenters. The van der Waals surface area contributed by atoms with Crippen LogP contribution in [0.15, 0.2) is 12.3 Å². The molecule has 0 aliphatic heterocycles. The minimum Gasteiger partial charge on any atom is -0.385 e. The Morgan fingerprint density at radius 1 is 1.26 bits per heavy atom. The van der Waals surface area contributed by atoms with E-state index in [4.69, 9.17) is 4.74 Å². The number of rotatable bonds is 10. The molecule has 0 atom stereocenters. The van der Waals surface area contributed by atoms with Crippen LogP contribution in [-0.2, 0) is 4.74 Å². The third-order valence-corrected chi connectivity index (χ3v) is 2.76. The summed E-state index contributed by atoms with van der Waals surface area (Å²) in [6, 6.07) is 1.98. The molecule has 0 bridgehead atoms. The van der Waals surface area contributed by atoms with E-state index in [0.29, 0.717) is 5.95 Å². The lowest BCUT2D eigenvalue weighted by Crippen LogP contribution is -2.26. The van der Waals surface area contributed by atoms with Crippen molar-refractivity contribution in [3.05, 3.63) is 12.3 Å². The van der Waals surface area contributed by atoms with Crippen LogP contribution in [0.1, 0.15) is 33.1 Å². The van der Waals surface area contributed by atoms with Crippen LogP contribution in [0.3, 0.4) is 0 Å². The molecule has 108 valence electrons. The molecule has 1 N–H and O–H groups in total. The molecule has 19 heavy (non-hydrogen) atoms. The highest BCUT2D eigenvalue weighted by atomic mass is 16.5. The molecular formula is C14H26N4O. The Balaban J connectivity index is 2.58. The maximum absolute atomic E-state index is 5.02. The average molecular weight is 266 g/mol. The zero-order valence-corrected chi connectivity index (χ0v) is 12.4. The molecule has 0 fully saturated rings. The lowest BCUT2D eigenvalue weighted by atomic mass is 10.3. The van der Waals surface area contributed by atoms with Crippen molar-refractivity contribution in [3.63, 3.8) is 0 Å². The van der Waals surface area contributed by atoms with Gasteiger partial charge < -0.3 is 15.0 Å². The summed E-state index contributed by atoms with van der Waals surface area (Å²) in [4.78, 5) is 11.1. The van der Waals surface area contributed by atoms with Crippen molar-refractivity contribution < 1.29 is 4.74 Å². The third kappa shape index (κ3) is 5.87. The van der Waals surface area contributed by atoms with Gasteiger partial charge in [0.1, 0.15) is 5.82 Å². The van der Waals surface area contributed by atoms with Crippen LogP contribution in [0.4, 0.5) is 11.8 Å². The van der Waals surface area contributed by atoms with Crippen molar-refractivity contribution in [2.45, 2.75) is 33.1 Å². The monoisotopic (exact) mass is 266 g/mol. The van der Waals surface area contributed by atoms with Crippen molar-refractivity contribution in [2.75, 3.05) is 43.6 Å². The number of hydrogen-bond acceptors (Lipinski definition) is 5. The normalized spacial score (nSPS) is 10.5. The molecule has 0 amide bonds. The van der Waals surface area contributed by atoms with Gasteiger partial charge in [0, 0.05) is 39.5 Å². The lowest BCUT2D eigenvalue weighted by molar-refractivity contribution is 0.197. The first-order valence-electron chi connectivity index (χ1n) is 7.12. The van der Waals surface area contributed by atoms with E-state index in [-0.39, 0.29) is 0 Å². The Kier molecular flexibility index (Phi) is 7.89. The van der Waals surface area contributed by atoms with Gasteiger partial charge in [0.05, 0.1) is 0 Å². The smallest absolute Gasteiger partial charge is 0.224 e. The standard InChI is InChI=1S/C14H26N4O/c1-4-10-18(11-5-2)13-7-9-16-14(17-13)15-8-6-12-19-3/h7,9H,4-6,8,10-12H2,1-3H3,(H,15,16,17). The summed E-state index contributed by atoms with van der Waals surface area (Å²) in [5.41, 5.74) is 0. The summed E-state index contributed by atoms with van der Waals surface area (Å²) in [6.07, 6.45) is 5.03. The Hall–Kier alpha value is -1.36. The van der Waals surface area contributed by atoms with E-state index in [1.165, 1.54) is 0 Å². The molecule has 5 nitrogen and oxygen atoms in total. The van der Waals surface area contributed by atoms with Crippen molar-refractivity contribution >= 4 is 11.8 Å². The zero-order valence-electron chi connectivity index (χ0n) is 12.4. The Morgan fingerprint density at radius 3 is 2.63 bits per heavy atom. The predicted molar refractivity (Wildman–Crippen MR) is 79.8 cm³/mol. The number of nitrogens with one attached hydrogen (secondary N) is 1. The summed E-state index contributed by atoms with van der Waals surface area (Å²) >= 11 is 0. The molecule has 0 aromatic carbocycles. The third-order valence-electron chi connectivity index (χ3n) is 2.76. The largest absolute Gasteiger partial charge is 0.385 e. The summed E-state index contributed by atoms with van der Waals surface area (Å²) in [5.74, 6) is 1.71. The summed E-state index contributed by atoms with van der Waals surface area (Å²) in [5, 5.41) is 3.23. The fourth-order valence-electron chi connectivity index (χ4n) is 1.91. The Morgan fingerprint density at radius 2 is 2.00 bits per heavy atom. The summed E-state index contributed by atoms with van der Waals surface area (Å²) in [7, 11) is 1.71. The van der Waals surface area contributed by atoms with E-state index in [1.807, 2.05) is 12.3 Å². The van der Waals surface area contributed by atoms with Gasteiger partial charge in [-0.15, -0.1) is 0 Å². The Labute approximate surface area is 116 Å². The maximum Gasteiger partial charge on any atom is 0.224 e. The minimum absolute atomic E-state index is 0.700. The fourth-order valence-corrected chi connectivity index (χ4v) is 1.91.